The van der Waals surface area contributed by atoms with E-state index >= 15 is 0 Å². The third-order valence-corrected chi connectivity index (χ3v) is 5.02. The summed E-state index contributed by atoms with van der Waals surface area (Å²) >= 11 is 3.49. The molecular weight excluding hydrogens is 372 g/mol. The molecule has 1 unspecified atom stereocenters. The molecule has 0 fully saturated rings. The number of ketones is 2. The molecule has 1 aliphatic heterocycles. The Balaban J connectivity index is 1.81. The molecule has 2 aliphatic rings. The summed E-state index contributed by atoms with van der Waals surface area (Å²) in [5.74, 6) is -0.265. The van der Waals surface area contributed by atoms with Crippen LogP contribution in [0.1, 0.15) is 36.0 Å². The summed E-state index contributed by atoms with van der Waals surface area (Å²) in [5, 5.41) is -0.392. The van der Waals surface area contributed by atoms with Crippen molar-refractivity contribution in [1.29, 1.82) is 0 Å². The van der Waals surface area contributed by atoms with E-state index in [1.165, 1.54) is 0 Å². The number of benzene rings is 1. The molecule has 6 heteroatoms. The molecule has 24 heavy (non-hydrogen) atoms. The molecule has 0 N–H and O–H groups in total. The topological polar surface area (TPSA) is 59.0 Å². The molecular formula is C18H19BrN2O3. The van der Waals surface area contributed by atoms with Crippen molar-refractivity contribution in [2.75, 3.05) is 13.7 Å². The summed E-state index contributed by atoms with van der Waals surface area (Å²) in [6, 6.07) is 8.65. The molecule has 0 aromatic heterocycles. The Kier molecular flexibility index (Phi) is 5.14. The highest BCUT2D eigenvalue weighted by Crippen LogP contribution is 2.35. The van der Waals surface area contributed by atoms with Crippen LogP contribution in [0.3, 0.4) is 0 Å². The van der Waals surface area contributed by atoms with Crippen molar-refractivity contribution < 1.29 is 14.3 Å². The standard InChI is InChI=1S/C18H19BrN2O3/c1-24-17-13-9-5-6-10-14(13)21(18(19)20-17)11-15(22)16(23)12-7-3-2-4-8-12/h2-4,7-8,18H,5-6,9-11H2,1H3. The summed E-state index contributed by atoms with van der Waals surface area (Å²) in [6.07, 6.45) is 3.90. The van der Waals surface area contributed by atoms with Gasteiger partial charge in [0, 0.05) is 16.8 Å². The van der Waals surface area contributed by atoms with Crippen LogP contribution in [0.5, 0.6) is 0 Å². The first-order chi connectivity index (χ1) is 11.6. The SMILES string of the molecule is COC1=NC(Br)N(CC(=O)C(=O)c2ccccc2)C2=C1CCCC2. The molecule has 0 saturated carbocycles. The molecule has 5 nitrogen and oxygen atoms in total. The lowest BCUT2D eigenvalue weighted by molar-refractivity contribution is -0.116. The Morgan fingerprint density at radius 2 is 1.96 bits per heavy atom. The number of nitrogens with zero attached hydrogens (tertiary/aromatic N) is 2. The van der Waals surface area contributed by atoms with Gasteiger partial charge >= 0.3 is 0 Å². The Morgan fingerprint density at radius 3 is 2.67 bits per heavy atom. The van der Waals surface area contributed by atoms with E-state index in [4.69, 9.17) is 4.74 Å². The fourth-order valence-corrected chi connectivity index (χ4v) is 3.71. The van der Waals surface area contributed by atoms with Crippen LogP contribution in [0.25, 0.3) is 0 Å². The van der Waals surface area contributed by atoms with Gasteiger partial charge in [-0.2, -0.15) is 0 Å². The van der Waals surface area contributed by atoms with Gasteiger partial charge in [0.25, 0.3) is 0 Å². The second-order valence-corrected chi connectivity index (χ2v) is 6.65. The molecule has 126 valence electrons. The second-order valence-electron chi connectivity index (χ2n) is 5.83. The van der Waals surface area contributed by atoms with Crippen molar-refractivity contribution in [3.63, 3.8) is 0 Å². The molecule has 1 aromatic carbocycles. The van der Waals surface area contributed by atoms with E-state index in [-0.39, 0.29) is 6.54 Å². The summed E-state index contributed by atoms with van der Waals surface area (Å²) in [4.78, 5) is 31.1. The summed E-state index contributed by atoms with van der Waals surface area (Å²) < 4.78 is 5.38. The van der Waals surface area contributed by atoms with Gasteiger partial charge in [-0.3, -0.25) is 9.59 Å². The molecule has 1 aliphatic carbocycles. The third-order valence-electron chi connectivity index (χ3n) is 4.32. The van der Waals surface area contributed by atoms with Crippen LogP contribution in [0.2, 0.25) is 0 Å². The molecule has 0 bridgehead atoms. The van der Waals surface area contributed by atoms with E-state index in [1.54, 1.807) is 31.4 Å². The highest BCUT2D eigenvalue weighted by molar-refractivity contribution is 9.09. The van der Waals surface area contributed by atoms with E-state index in [2.05, 4.69) is 20.9 Å². The number of hydrogen-bond acceptors (Lipinski definition) is 5. The van der Waals surface area contributed by atoms with Crippen LogP contribution >= 0.6 is 15.9 Å². The normalized spacial score (nSPS) is 20.3. The van der Waals surface area contributed by atoms with E-state index in [1.807, 2.05) is 11.0 Å². The number of allylic oxidation sites excluding steroid dienone is 1. The molecule has 0 spiro atoms. The monoisotopic (exact) mass is 390 g/mol. The van der Waals surface area contributed by atoms with Crippen molar-refractivity contribution in [2.24, 2.45) is 4.99 Å². The summed E-state index contributed by atoms with van der Waals surface area (Å²) in [5.41, 5.74) is 2.54. The fourth-order valence-electron chi connectivity index (χ4n) is 3.13. The first kappa shape index (κ1) is 16.9. The van der Waals surface area contributed by atoms with Crippen LogP contribution in [-0.2, 0) is 9.53 Å². The average molecular weight is 391 g/mol. The number of halogens is 1. The number of hydrogen-bond donors (Lipinski definition) is 0. The van der Waals surface area contributed by atoms with Crippen molar-refractivity contribution in [1.82, 2.24) is 4.90 Å². The van der Waals surface area contributed by atoms with Gasteiger partial charge in [-0.25, -0.2) is 4.99 Å². The molecule has 0 saturated heterocycles. The Bertz CT molecular complexity index is 712. The quantitative estimate of drug-likeness (QED) is 0.342. The van der Waals surface area contributed by atoms with Crippen LogP contribution in [0.15, 0.2) is 46.6 Å². The van der Waals surface area contributed by atoms with Gasteiger partial charge in [0.05, 0.1) is 13.7 Å². The molecule has 3 rings (SSSR count). The number of Topliss-reactive ketones (excluding diaryl/α,β-unsaturated/α-hetero) is 2. The number of aliphatic imine (C=N–C) groups is 1. The van der Waals surface area contributed by atoms with Gasteiger partial charge in [0.2, 0.25) is 17.5 Å². The van der Waals surface area contributed by atoms with Gasteiger partial charge in [0.15, 0.2) is 5.08 Å². The van der Waals surface area contributed by atoms with Crippen LogP contribution in [0.4, 0.5) is 0 Å². The summed E-state index contributed by atoms with van der Waals surface area (Å²) in [6.45, 7) is 0.0168. The van der Waals surface area contributed by atoms with Gasteiger partial charge < -0.3 is 9.64 Å². The number of carbonyl (C=O) groups is 2. The van der Waals surface area contributed by atoms with Gasteiger partial charge in [-0.15, -0.1) is 0 Å². The van der Waals surface area contributed by atoms with Gasteiger partial charge in [-0.1, -0.05) is 30.3 Å². The van der Waals surface area contributed by atoms with E-state index in [9.17, 15) is 9.59 Å². The minimum absolute atomic E-state index is 0.0168. The maximum atomic E-state index is 12.5. The van der Waals surface area contributed by atoms with E-state index < -0.39 is 16.6 Å². The lowest BCUT2D eigenvalue weighted by Crippen LogP contribution is -2.41. The van der Waals surface area contributed by atoms with Crippen molar-refractivity contribution in [3.05, 3.63) is 47.2 Å². The van der Waals surface area contributed by atoms with Crippen molar-refractivity contribution >= 4 is 33.4 Å². The van der Waals surface area contributed by atoms with Crippen LogP contribution in [-0.4, -0.2) is 41.1 Å². The third kappa shape index (κ3) is 3.29. The minimum atomic E-state index is -0.463. The predicted octanol–water partition coefficient (Wildman–Crippen LogP) is 3.31. The Labute approximate surface area is 149 Å². The number of ether oxygens (including phenoxy) is 1. The smallest absolute Gasteiger partial charge is 0.230 e. The highest BCUT2D eigenvalue weighted by Gasteiger charge is 2.33. The lowest BCUT2D eigenvalue weighted by Gasteiger charge is -2.37. The fraction of sp³-hybridized carbons (Fsp3) is 0.389. The predicted molar refractivity (Wildman–Crippen MR) is 95.1 cm³/mol. The number of methoxy groups -OCH3 is 1. The molecule has 1 heterocycles. The first-order valence-electron chi connectivity index (χ1n) is 7.99. The Hall–Kier alpha value is -1.95. The minimum Gasteiger partial charge on any atom is -0.481 e. The van der Waals surface area contributed by atoms with Gasteiger partial charge in [-0.05, 0) is 41.6 Å². The Morgan fingerprint density at radius 1 is 1.25 bits per heavy atom. The number of rotatable bonds is 4. The average Bonchev–Trinajstić information content (AvgIpc) is 2.63. The summed E-state index contributed by atoms with van der Waals surface area (Å²) in [7, 11) is 1.61. The number of alkyl halides is 1. The molecule has 0 amide bonds. The second kappa shape index (κ2) is 7.30. The molecule has 1 aromatic rings. The van der Waals surface area contributed by atoms with Crippen LogP contribution < -0.4 is 0 Å². The zero-order valence-electron chi connectivity index (χ0n) is 13.5. The van der Waals surface area contributed by atoms with E-state index in [0.717, 1.165) is 37.0 Å². The lowest BCUT2D eigenvalue weighted by atomic mass is 9.94. The zero-order valence-corrected chi connectivity index (χ0v) is 15.1. The van der Waals surface area contributed by atoms with Crippen LogP contribution in [0, 0.1) is 0 Å². The first-order valence-corrected chi connectivity index (χ1v) is 8.91. The largest absolute Gasteiger partial charge is 0.481 e. The maximum absolute atomic E-state index is 12.5. The molecule has 0 radical (unpaired) electrons. The highest BCUT2D eigenvalue weighted by atomic mass is 79.9. The number of carbonyl (C=O) groups excluding carboxylic acids is 2. The van der Waals surface area contributed by atoms with Crippen molar-refractivity contribution in [2.45, 2.75) is 30.8 Å². The molecule has 1 atom stereocenters. The van der Waals surface area contributed by atoms with Crippen molar-refractivity contribution in [3.8, 4) is 0 Å². The maximum Gasteiger partial charge on any atom is 0.230 e. The van der Waals surface area contributed by atoms with Gasteiger partial charge in [0.1, 0.15) is 0 Å². The zero-order chi connectivity index (χ0) is 17.1. The van der Waals surface area contributed by atoms with E-state index in [0.29, 0.717) is 11.5 Å².